The quantitative estimate of drug-likeness (QED) is 0.596. The summed E-state index contributed by atoms with van der Waals surface area (Å²) in [6, 6.07) is 7.24. The summed E-state index contributed by atoms with van der Waals surface area (Å²) in [4.78, 5) is 26.3. The summed E-state index contributed by atoms with van der Waals surface area (Å²) < 4.78 is 10.4. The summed E-state index contributed by atoms with van der Waals surface area (Å²) in [5, 5.41) is 0. The fraction of sp³-hybridized carbons (Fsp3) is 0.333. The minimum Gasteiger partial charge on any atom is -0.497 e. The molecule has 2 N–H and O–H groups in total. The minimum atomic E-state index is -0.429. The predicted molar refractivity (Wildman–Crippen MR) is 110 cm³/mol. The van der Waals surface area contributed by atoms with Crippen LogP contribution in [0.1, 0.15) is 39.0 Å². The largest absolute Gasteiger partial charge is 0.497 e. The normalized spacial score (nSPS) is 15.8. The number of ether oxygens (including phenoxy) is 2. The molecule has 148 valence electrons. The van der Waals surface area contributed by atoms with Crippen LogP contribution in [0.15, 0.2) is 30.3 Å². The second kappa shape index (κ2) is 8.93. The third-order valence-corrected chi connectivity index (χ3v) is 5.94. The number of thiophene rings is 1. The molecular weight excluding hydrogens is 376 g/mol. The summed E-state index contributed by atoms with van der Waals surface area (Å²) in [7, 11) is 3.12. The van der Waals surface area contributed by atoms with Crippen LogP contribution in [0.25, 0.3) is 6.08 Å². The molecule has 0 bridgehead atoms. The van der Waals surface area contributed by atoms with Crippen LogP contribution >= 0.6 is 11.3 Å². The number of rotatable bonds is 5. The number of carbonyl (C=O) groups excluding carboxylic acids is 2. The molecule has 0 saturated carbocycles. The molecule has 1 aromatic heterocycles. The second-order valence-electron chi connectivity index (χ2n) is 6.79. The Labute approximate surface area is 168 Å². The van der Waals surface area contributed by atoms with Crippen LogP contribution in [0.4, 0.5) is 0 Å². The lowest BCUT2D eigenvalue weighted by molar-refractivity contribution is -0.117. The van der Waals surface area contributed by atoms with Gasteiger partial charge in [0, 0.05) is 22.6 Å². The molecule has 1 atom stereocenters. The first-order chi connectivity index (χ1) is 13.5. The van der Waals surface area contributed by atoms with Crippen molar-refractivity contribution in [2.45, 2.75) is 26.2 Å². The highest BCUT2D eigenvalue weighted by Crippen LogP contribution is 2.32. The minimum absolute atomic E-state index is 0.296. The van der Waals surface area contributed by atoms with Crippen molar-refractivity contribution in [3.8, 4) is 11.5 Å². The van der Waals surface area contributed by atoms with Crippen molar-refractivity contribution in [1.82, 2.24) is 10.9 Å². The Kier molecular flexibility index (Phi) is 6.36. The number of aryl methyl sites for hydroxylation is 1. The summed E-state index contributed by atoms with van der Waals surface area (Å²) in [6.45, 7) is 2.23. The molecule has 3 rings (SSSR count). The lowest BCUT2D eigenvalue weighted by atomic mass is 9.90. The van der Waals surface area contributed by atoms with E-state index in [1.54, 1.807) is 38.5 Å². The fourth-order valence-corrected chi connectivity index (χ4v) is 4.26. The average Bonchev–Trinajstić information content (AvgIpc) is 3.13. The number of hydrogen-bond acceptors (Lipinski definition) is 5. The molecule has 1 aliphatic carbocycles. The molecule has 1 aliphatic rings. The van der Waals surface area contributed by atoms with Gasteiger partial charge in [-0.25, -0.2) is 0 Å². The van der Waals surface area contributed by atoms with Gasteiger partial charge in [0.1, 0.15) is 11.5 Å². The summed E-state index contributed by atoms with van der Waals surface area (Å²) in [5.41, 5.74) is 6.87. The van der Waals surface area contributed by atoms with Gasteiger partial charge < -0.3 is 9.47 Å². The van der Waals surface area contributed by atoms with Gasteiger partial charge in [0.05, 0.1) is 19.1 Å². The standard InChI is InChI=1S/C21H24N2O4S/c1-13-4-8-18-15(10-13)11-19(28-18)21(25)23-22-20(24)9-6-14-5-7-16(26-2)12-17(14)27-3/h5-7,9,11-13H,4,8,10H2,1-3H3,(H,22,24)(H,23,25)/b9-6+/t13-/m1/s1. The Morgan fingerprint density at radius 1 is 1.18 bits per heavy atom. The van der Waals surface area contributed by atoms with E-state index >= 15 is 0 Å². The van der Waals surface area contributed by atoms with E-state index in [-0.39, 0.29) is 5.91 Å². The van der Waals surface area contributed by atoms with Crippen LogP contribution in [0.5, 0.6) is 11.5 Å². The predicted octanol–water partition coefficient (Wildman–Crippen LogP) is 3.36. The zero-order valence-corrected chi connectivity index (χ0v) is 17.0. The number of nitrogens with one attached hydrogen (secondary N) is 2. The monoisotopic (exact) mass is 400 g/mol. The van der Waals surface area contributed by atoms with Crippen LogP contribution in [-0.4, -0.2) is 26.0 Å². The molecule has 0 saturated heterocycles. The van der Waals surface area contributed by atoms with Crippen LogP contribution in [0.3, 0.4) is 0 Å². The van der Waals surface area contributed by atoms with Gasteiger partial charge in [0.25, 0.3) is 11.8 Å². The molecule has 2 aromatic rings. The van der Waals surface area contributed by atoms with E-state index in [2.05, 4.69) is 17.8 Å². The van der Waals surface area contributed by atoms with Gasteiger partial charge in [0.15, 0.2) is 0 Å². The molecule has 0 spiro atoms. The van der Waals surface area contributed by atoms with Gasteiger partial charge in [0.2, 0.25) is 0 Å². The molecule has 1 aromatic carbocycles. The fourth-order valence-electron chi connectivity index (χ4n) is 3.16. The Balaban J connectivity index is 1.57. The lowest BCUT2D eigenvalue weighted by Crippen LogP contribution is -2.40. The van der Waals surface area contributed by atoms with E-state index < -0.39 is 5.91 Å². The Morgan fingerprint density at radius 2 is 2.00 bits per heavy atom. The van der Waals surface area contributed by atoms with E-state index in [1.165, 1.54) is 27.9 Å². The van der Waals surface area contributed by atoms with Crippen molar-refractivity contribution >= 4 is 29.2 Å². The number of hydrogen-bond donors (Lipinski definition) is 2. The average molecular weight is 401 g/mol. The summed E-state index contributed by atoms with van der Waals surface area (Å²) >= 11 is 1.51. The van der Waals surface area contributed by atoms with Crippen LogP contribution < -0.4 is 20.3 Å². The first-order valence-electron chi connectivity index (χ1n) is 9.12. The zero-order chi connectivity index (χ0) is 20.1. The van der Waals surface area contributed by atoms with Gasteiger partial charge in [-0.15, -0.1) is 11.3 Å². The van der Waals surface area contributed by atoms with Gasteiger partial charge in [-0.3, -0.25) is 20.4 Å². The SMILES string of the molecule is COc1ccc(/C=C/C(=O)NNC(=O)c2cc3c(s2)CC[C@@H](C)C3)c(OC)c1. The van der Waals surface area contributed by atoms with Crippen molar-refractivity contribution in [3.05, 3.63) is 51.2 Å². The molecule has 1 heterocycles. The molecule has 2 amide bonds. The van der Waals surface area contributed by atoms with Crippen molar-refractivity contribution in [3.63, 3.8) is 0 Å². The number of fused-ring (bicyclic) bond motifs is 1. The van der Waals surface area contributed by atoms with E-state index in [0.717, 1.165) is 24.8 Å². The van der Waals surface area contributed by atoms with Crippen LogP contribution in [-0.2, 0) is 17.6 Å². The van der Waals surface area contributed by atoms with Crippen molar-refractivity contribution < 1.29 is 19.1 Å². The van der Waals surface area contributed by atoms with Crippen molar-refractivity contribution in [1.29, 1.82) is 0 Å². The van der Waals surface area contributed by atoms with E-state index in [9.17, 15) is 9.59 Å². The number of carbonyl (C=O) groups is 2. The summed E-state index contributed by atoms with van der Waals surface area (Å²) in [6.07, 6.45) is 6.15. The Hall–Kier alpha value is -2.80. The second-order valence-corrected chi connectivity index (χ2v) is 7.93. The Bertz CT molecular complexity index is 904. The highest BCUT2D eigenvalue weighted by atomic mass is 32.1. The first-order valence-corrected chi connectivity index (χ1v) is 9.93. The van der Waals surface area contributed by atoms with E-state index in [1.807, 2.05) is 6.07 Å². The topological polar surface area (TPSA) is 76.7 Å². The van der Waals surface area contributed by atoms with Crippen molar-refractivity contribution in [2.75, 3.05) is 14.2 Å². The van der Waals surface area contributed by atoms with Gasteiger partial charge >= 0.3 is 0 Å². The van der Waals surface area contributed by atoms with Crippen LogP contribution in [0.2, 0.25) is 0 Å². The molecule has 0 radical (unpaired) electrons. The molecule has 0 aliphatic heterocycles. The molecular formula is C21H24N2O4S. The first kappa shape index (κ1) is 19.9. The maximum atomic E-state index is 12.3. The molecule has 7 heteroatoms. The number of hydrazine groups is 1. The van der Waals surface area contributed by atoms with E-state index in [0.29, 0.717) is 22.3 Å². The third kappa shape index (κ3) is 4.72. The zero-order valence-electron chi connectivity index (χ0n) is 16.2. The van der Waals surface area contributed by atoms with Crippen LogP contribution in [0, 0.1) is 5.92 Å². The van der Waals surface area contributed by atoms with Crippen molar-refractivity contribution in [2.24, 2.45) is 5.92 Å². The number of methoxy groups -OCH3 is 2. The molecule has 0 unspecified atom stereocenters. The number of amides is 2. The highest BCUT2D eigenvalue weighted by Gasteiger charge is 2.20. The lowest BCUT2D eigenvalue weighted by Gasteiger charge is -2.16. The molecule has 6 nitrogen and oxygen atoms in total. The highest BCUT2D eigenvalue weighted by molar-refractivity contribution is 7.14. The molecule has 0 fully saturated rings. The maximum absolute atomic E-state index is 12.3. The smallest absolute Gasteiger partial charge is 0.279 e. The number of benzene rings is 1. The molecule has 28 heavy (non-hydrogen) atoms. The third-order valence-electron chi connectivity index (χ3n) is 4.71. The van der Waals surface area contributed by atoms with Gasteiger partial charge in [-0.05, 0) is 55.0 Å². The van der Waals surface area contributed by atoms with Gasteiger partial charge in [-0.1, -0.05) is 6.92 Å². The van der Waals surface area contributed by atoms with Gasteiger partial charge in [-0.2, -0.15) is 0 Å². The summed E-state index contributed by atoms with van der Waals surface area (Å²) in [5.74, 6) is 1.18. The Morgan fingerprint density at radius 3 is 2.75 bits per heavy atom. The van der Waals surface area contributed by atoms with E-state index in [4.69, 9.17) is 9.47 Å². The maximum Gasteiger partial charge on any atom is 0.279 e.